The fourth-order valence-corrected chi connectivity index (χ4v) is 4.18. The number of methoxy groups -OCH3 is 1. The molecule has 164 valence electrons. The SMILES string of the molecule is CCCN1C(=O)C(=O)/C(=C(\O)c2ccc(OC)c(C(C)C)c2)C1c1ccc(Cl)c(Cl)c1. The molecule has 1 heterocycles. The maximum atomic E-state index is 13.0. The van der Waals surface area contributed by atoms with Crippen LogP contribution in [0.2, 0.25) is 10.0 Å². The second kappa shape index (κ2) is 9.33. The summed E-state index contributed by atoms with van der Waals surface area (Å²) in [6.45, 7) is 6.31. The lowest BCUT2D eigenvalue weighted by Gasteiger charge is -2.25. The van der Waals surface area contributed by atoms with Crippen LogP contribution in [-0.4, -0.2) is 35.4 Å². The Morgan fingerprint density at radius 1 is 1.13 bits per heavy atom. The van der Waals surface area contributed by atoms with Crippen molar-refractivity contribution in [1.82, 2.24) is 4.90 Å². The summed E-state index contributed by atoms with van der Waals surface area (Å²) in [6, 6.07) is 9.44. The molecule has 1 atom stereocenters. The van der Waals surface area contributed by atoms with E-state index in [-0.39, 0.29) is 17.3 Å². The van der Waals surface area contributed by atoms with Gasteiger partial charge < -0.3 is 14.7 Å². The zero-order valence-electron chi connectivity index (χ0n) is 17.9. The largest absolute Gasteiger partial charge is 0.507 e. The van der Waals surface area contributed by atoms with Gasteiger partial charge in [-0.05, 0) is 53.8 Å². The molecule has 0 radical (unpaired) electrons. The number of hydrogen-bond acceptors (Lipinski definition) is 4. The molecule has 5 nitrogen and oxygen atoms in total. The predicted molar refractivity (Wildman–Crippen MR) is 123 cm³/mol. The molecule has 2 aromatic carbocycles. The molecular weight excluding hydrogens is 437 g/mol. The van der Waals surface area contributed by atoms with Gasteiger partial charge in [0.05, 0.1) is 28.8 Å². The minimum atomic E-state index is -0.751. The Balaban J connectivity index is 2.22. The molecule has 1 saturated heterocycles. The van der Waals surface area contributed by atoms with Crippen LogP contribution in [0.1, 0.15) is 55.8 Å². The average Bonchev–Trinajstić information content (AvgIpc) is 3.00. The Labute approximate surface area is 192 Å². The number of aliphatic hydroxyl groups is 1. The molecule has 1 amide bonds. The van der Waals surface area contributed by atoms with E-state index in [0.29, 0.717) is 39.9 Å². The molecule has 0 bridgehead atoms. The number of ketones is 1. The molecule has 0 spiro atoms. The molecule has 1 aliphatic rings. The lowest BCUT2D eigenvalue weighted by Crippen LogP contribution is -2.30. The fraction of sp³-hybridized carbons (Fsp3) is 0.333. The van der Waals surface area contributed by atoms with Gasteiger partial charge in [0.15, 0.2) is 0 Å². The van der Waals surface area contributed by atoms with Gasteiger partial charge >= 0.3 is 0 Å². The molecule has 1 unspecified atom stereocenters. The van der Waals surface area contributed by atoms with Crippen LogP contribution in [0, 0.1) is 0 Å². The summed E-state index contributed by atoms with van der Waals surface area (Å²) in [5, 5.41) is 11.9. The minimum Gasteiger partial charge on any atom is -0.507 e. The highest BCUT2D eigenvalue weighted by Gasteiger charge is 2.45. The van der Waals surface area contributed by atoms with Crippen LogP contribution in [0.25, 0.3) is 5.76 Å². The summed E-state index contributed by atoms with van der Waals surface area (Å²) in [4.78, 5) is 27.3. The van der Waals surface area contributed by atoms with Crippen molar-refractivity contribution in [2.24, 2.45) is 0 Å². The van der Waals surface area contributed by atoms with Gasteiger partial charge in [0.25, 0.3) is 11.7 Å². The summed E-state index contributed by atoms with van der Waals surface area (Å²) in [7, 11) is 1.58. The first-order valence-corrected chi connectivity index (χ1v) is 10.9. The first-order chi connectivity index (χ1) is 14.7. The van der Waals surface area contributed by atoms with Crippen molar-refractivity contribution in [2.45, 2.75) is 39.2 Å². The third-order valence-electron chi connectivity index (χ3n) is 5.39. The van der Waals surface area contributed by atoms with Gasteiger partial charge in [-0.2, -0.15) is 0 Å². The molecule has 0 aliphatic carbocycles. The summed E-state index contributed by atoms with van der Waals surface area (Å²) >= 11 is 12.3. The molecule has 31 heavy (non-hydrogen) atoms. The van der Waals surface area contributed by atoms with Gasteiger partial charge in [-0.25, -0.2) is 0 Å². The Hall–Kier alpha value is -2.50. The Morgan fingerprint density at radius 3 is 2.42 bits per heavy atom. The molecule has 1 aliphatic heterocycles. The molecular formula is C24H25Cl2NO4. The van der Waals surface area contributed by atoms with Crippen LogP contribution in [0.5, 0.6) is 5.75 Å². The van der Waals surface area contributed by atoms with Crippen molar-refractivity contribution in [2.75, 3.05) is 13.7 Å². The predicted octanol–water partition coefficient (Wildman–Crippen LogP) is 5.96. The summed E-state index contributed by atoms with van der Waals surface area (Å²) in [5.41, 5.74) is 1.99. The van der Waals surface area contributed by atoms with Gasteiger partial charge in [-0.15, -0.1) is 0 Å². The molecule has 1 N–H and O–H groups in total. The minimum absolute atomic E-state index is 0.0386. The highest BCUT2D eigenvalue weighted by molar-refractivity contribution is 6.46. The zero-order chi connectivity index (χ0) is 22.9. The van der Waals surface area contributed by atoms with Crippen LogP contribution >= 0.6 is 23.2 Å². The van der Waals surface area contributed by atoms with Crippen molar-refractivity contribution in [3.63, 3.8) is 0 Å². The lowest BCUT2D eigenvalue weighted by molar-refractivity contribution is -0.139. The topological polar surface area (TPSA) is 66.8 Å². The van der Waals surface area contributed by atoms with Crippen LogP contribution < -0.4 is 4.74 Å². The maximum Gasteiger partial charge on any atom is 0.295 e. The Morgan fingerprint density at radius 2 is 1.84 bits per heavy atom. The number of benzene rings is 2. The number of hydrogen-bond donors (Lipinski definition) is 1. The van der Waals surface area contributed by atoms with Crippen molar-refractivity contribution >= 4 is 40.7 Å². The van der Waals surface area contributed by atoms with E-state index in [4.69, 9.17) is 27.9 Å². The van der Waals surface area contributed by atoms with Gasteiger partial charge in [-0.1, -0.05) is 50.0 Å². The number of Topliss-reactive ketones (excluding diaryl/α,β-unsaturated/α-hetero) is 1. The number of amides is 1. The lowest BCUT2D eigenvalue weighted by atomic mass is 9.93. The van der Waals surface area contributed by atoms with E-state index >= 15 is 0 Å². The van der Waals surface area contributed by atoms with Crippen LogP contribution in [-0.2, 0) is 9.59 Å². The molecule has 2 aromatic rings. The third kappa shape index (κ3) is 4.30. The monoisotopic (exact) mass is 461 g/mol. The second-order valence-electron chi connectivity index (χ2n) is 7.78. The first-order valence-electron chi connectivity index (χ1n) is 10.1. The standard InChI is InChI=1S/C24H25Cl2NO4/c1-5-10-27-21(14-6-8-17(25)18(26)12-14)20(23(29)24(27)30)22(28)15-7-9-19(31-4)16(11-15)13(2)3/h6-9,11-13,21,28H,5,10H2,1-4H3/b22-20-. The van der Waals surface area contributed by atoms with E-state index in [1.807, 2.05) is 20.8 Å². The molecule has 7 heteroatoms. The number of nitrogens with zero attached hydrogens (tertiary/aromatic N) is 1. The molecule has 1 fully saturated rings. The molecule has 0 aromatic heterocycles. The Bertz CT molecular complexity index is 1060. The normalized spacial score (nSPS) is 18.2. The number of carbonyl (C=O) groups excluding carboxylic acids is 2. The highest BCUT2D eigenvalue weighted by atomic mass is 35.5. The van der Waals surface area contributed by atoms with Crippen LogP contribution in [0.3, 0.4) is 0 Å². The highest BCUT2D eigenvalue weighted by Crippen LogP contribution is 2.41. The second-order valence-corrected chi connectivity index (χ2v) is 8.59. The quantitative estimate of drug-likeness (QED) is 0.327. The number of rotatable bonds is 6. The first kappa shape index (κ1) is 23.2. The van der Waals surface area contributed by atoms with E-state index in [1.165, 1.54) is 4.90 Å². The number of carbonyl (C=O) groups is 2. The van der Waals surface area contributed by atoms with Crippen molar-refractivity contribution in [3.8, 4) is 5.75 Å². The number of likely N-dealkylation sites (tertiary alicyclic amines) is 1. The smallest absolute Gasteiger partial charge is 0.295 e. The summed E-state index contributed by atoms with van der Waals surface area (Å²) < 4.78 is 5.41. The Kier molecular flexibility index (Phi) is 6.97. The number of halogens is 2. The van der Waals surface area contributed by atoms with Crippen molar-refractivity contribution in [3.05, 3.63) is 68.7 Å². The van der Waals surface area contributed by atoms with Gasteiger partial charge in [0, 0.05) is 12.1 Å². The maximum absolute atomic E-state index is 13.0. The number of ether oxygens (including phenoxy) is 1. The number of aliphatic hydroxyl groups excluding tert-OH is 1. The van der Waals surface area contributed by atoms with E-state index in [9.17, 15) is 14.7 Å². The fourth-order valence-electron chi connectivity index (χ4n) is 3.87. The van der Waals surface area contributed by atoms with Crippen LogP contribution in [0.4, 0.5) is 0 Å². The average molecular weight is 462 g/mol. The molecule has 0 saturated carbocycles. The van der Waals surface area contributed by atoms with Gasteiger partial charge in [0.1, 0.15) is 11.5 Å². The summed E-state index contributed by atoms with van der Waals surface area (Å²) in [5.74, 6) is -0.756. The molecule has 3 rings (SSSR count). The third-order valence-corrected chi connectivity index (χ3v) is 6.13. The van der Waals surface area contributed by atoms with Gasteiger partial charge in [-0.3, -0.25) is 9.59 Å². The van der Waals surface area contributed by atoms with E-state index < -0.39 is 17.7 Å². The summed E-state index contributed by atoms with van der Waals surface area (Å²) in [6.07, 6.45) is 0.658. The zero-order valence-corrected chi connectivity index (χ0v) is 19.4. The van der Waals surface area contributed by atoms with E-state index in [1.54, 1.807) is 43.5 Å². The van der Waals surface area contributed by atoms with Crippen molar-refractivity contribution in [1.29, 1.82) is 0 Å². The van der Waals surface area contributed by atoms with Crippen molar-refractivity contribution < 1.29 is 19.4 Å². The van der Waals surface area contributed by atoms with Crippen LogP contribution in [0.15, 0.2) is 42.0 Å². The van der Waals surface area contributed by atoms with Gasteiger partial charge in [0.2, 0.25) is 0 Å². The van der Waals surface area contributed by atoms with E-state index in [0.717, 1.165) is 5.56 Å². The van der Waals surface area contributed by atoms with E-state index in [2.05, 4.69) is 0 Å².